The van der Waals surface area contributed by atoms with Gasteiger partial charge in [-0.2, -0.15) is 0 Å². The smallest absolute Gasteiger partial charge is 0.159 e. The summed E-state index contributed by atoms with van der Waals surface area (Å²) < 4.78 is 9.18. The monoisotopic (exact) mass is 752 g/mol. The SMILES string of the molecule is c1ccc(-c2ccc3oc4c(N(c5ccc(-c6ccc7c(c6)c6ccccc6n7-c6ccccc6)cc5)c5ccc6ccc7ccccc7c6c5)cccc4c3c2)cc1. The second-order valence-corrected chi connectivity index (χ2v) is 15.3. The van der Waals surface area contributed by atoms with Crippen LogP contribution in [0.15, 0.2) is 223 Å². The third kappa shape index (κ3) is 5.44. The molecule has 0 aliphatic rings. The largest absolute Gasteiger partial charge is 0.454 e. The normalized spacial score (nSPS) is 11.7. The highest BCUT2D eigenvalue weighted by Gasteiger charge is 2.21. The summed E-state index contributed by atoms with van der Waals surface area (Å²) in [5, 5.41) is 9.57. The van der Waals surface area contributed by atoms with Gasteiger partial charge >= 0.3 is 0 Å². The maximum atomic E-state index is 6.82. The fraction of sp³-hybridized carbons (Fsp3) is 0. The Morgan fingerprint density at radius 2 is 0.932 bits per heavy atom. The summed E-state index contributed by atoms with van der Waals surface area (Å²) in [5.41, 5.74) is 13.1. The second kappa shape index (κ2) is 13.4. The Morgan fingerprint density at radius 1 is 0.339 bits per heavy atom. The highest BCUT2D eigenvalue weighted by molar-refractivity contribution is 6.13. The average Bonchev–Trinajstić information content (AvgIpc) is 3.85. The van der Waals surface area contributed by atoms with Gasteiger partial charge in [0, 0.05) is 38.6 Å². The molecule has 0 aliphatic carbocycles. The molecular weight excluding hydrogens is 717 g/mol. The number of nitrogens with zero attached hydrogens (tertiary/aromatic N) is 2. The molecule has 0 fully saturated rings. The predicted molar refractivity (Wildman–Crippen MR) is 249 cm³/mol. The van der Waals surface area contributed by atoms with E-state index in [1.165, 1.54) is 60.0 Å². The molecule has 2 heterocycles. The van der Waals surface area contributed by atoms with E-state index < -0.39 is 0 Å². The van der Waals surface area contributed by atoms with Crippen LogP contribution in [0.5, 0.6) is 0 Å². The standard InChI is InChI=1S/C56H36N2O/c1-3-12-37(13-4-1)42-28-33-55-51(35-42)48-19-11-21-54(56(48)59-55)57(45-31-26-40-23-22-39-14-7-8-17-46(39)49(40)36-45)44-29-24-38(25-30-44)41-27-32-53-50(34-41)47-18-9-10-20-52(47)58(53)43-15-5-2-6-16-43/h1-36H. The zero-order valence-electron chi connectivity index (χ0n) is 32.1. The molecule has 2 aromatic heterocycles. The first-order valence-electron chi connectivity index (χ1n) is 20.2. The molecule has 12 rings (SSSR count). The average molecular weight is 753 g/mol. The van der Waals surface area contributed by atoms with E-state index in [9.17, 15) is 0 Å². The Kier molecular flexibility index (Phi) is 7.54. The number of hydrogen-bond acceptors (Lipinski definition) is 2. The maximum Gasteiger partial charge on any atom is 0.159 e. The van der Waals surface area contributed by atoms with Crippen LogP contribution in [0.1, 0.15) is 0 Å². The van der Waals surface area contributed by atoms with Crippen LogP contribution in [-0.2, 0) is 0 Å². The number of hydrogen-bond donors (Lipinski definition) is 0. The number of rotatable bonds is 6. The van der Waals surface area contributed by atoms with E-state index >= 15 is 0 Å². The molecule has 0 radical (unpaired) electrons. The summed E-state index contributed by atoms with van der Waals surface area (Å²) in [6, 6.07) is 78.6. The van der Waals surface area contributed by atoms with Gasteiger partial charge < -0.3 is 13.9 Å². The molecule has 0 saturated heterocycles. The zero-order chi connectivity index (χ0) is 38.9. The van der Waals surface area contributed by atoms with Crippen molar-refractivity contribution in [3.05, 3.63) is 218 Å². The van der Waals surface area contributed by atoms with Crippen molar-refractivity contribution in [2.45, 2.75) is 0 Å². The molecule has 0 saturated carbocycles. The molecule has 0 unspecified atom stereocenters. The summed E-state index contributed by atoms with van der Waals surface area (Å²) in [7, 11) is 0. The van der Waals surface area contributed by atoms with Crippen LogP contribution < -0.4 is 4.90 Å². The van der Waals surface area contributed by atoms with Crippen molar-refractivity contribution < 1.29 is 4.42 Å². The van der Waals surface area contributed by atoms with E-state index in [4.69, 9.17) is 4.42 Å². The predicted octanol–water partition coefficient (Wildman–Crippen LogP) is 15.8. The second-order valence-electron chi connectivity index (χ2n) is 15.3. The van der Waals surface area contributed by atoms with Crippen LogP contribution in [0.3, 0.4) is 0 Å². The molecule has 0 bridgehead atoms. The van der Waals surface area contributed by atoms with Crippen molar-refractivity contribution in [3.8, 4) is 27.9 Å². The third-order valence-electron chi connectivity index (χ3n) is 12.0. The van der Waals surface area contributed by atoms with E-state index in [1.54, 1.807) is 0 Å². The molecule has 0 aliphatic heterocycles. The lowest BCUT2D eigenvalue weighted by atomic mass is 10.00. The Hall–Kier alpha value is -7.88. The minimum atomic E-state index is 0.857. The third-order valence-corrected chi connectivity index (χ3v) is 12.0. The first-order valence-corrected chi connectivity index (χ1v) is 20.2. The molecule has 59 heavy (non-hydrogen) atoms. The number of anilines is 3. The van der Waals surface area contributed by atoms with Crippen molar-refractivity contribution in [1.82, 2.24) is 4.57 Å². The van der Waals surface area contributed by atoms with Gasteiger partial charge in [-0.15, -0.1) is 0 Å². The lowest BCUT2D eigenvalue weighted by Gasteiger charge is -2.26. The van der Waals surface area contributed by atoms with Crippen LogP contribution in [0.4, 0.5) is 17.1 Å². The molecule has 0 N–H and O–H groups in total. The molecule has 0 amide bonds. The quantitative estimate of drug-likeness (QED) is 0.158. The summed E-state index contributed by atoms with van der Waals surface area (Å²) in [4.78, 5) is 2.35. The van der Waals surface area contributed by atoms with Crippen molar-refractivity contribution in [2.24, 2.45) is 0 Å². The number of furan rings is 1. The van der Waals surface area contributed by atoms with E-state index in [0.29, 0.717) is 0 Å². The Labute approximate surface area is 341 Å². The van der Waals surface area contributed by atoms with Crippen LogP contribution in [-0.4, -0.2) is 4.57 Å². The molecule has 12 aromatic rings. The van der Waals surface area contributed by atoms with Crippen LogP contribution >= 0.6 is 0 Å². The maximum absolute atomic E-state index is 6.82. The first kappa shape index (κ1) is 33.3. The van der Waals surface area contributed by atoms with E-state index in [0.717, 1.165) is 50.3 Å². The summed E-state index contributed by atoms with van der Waals surface area (Å²) in [6.07, 6.45) is 0. The fourth-order valence-electron chi connectivity index (χ4n) is 9.14. The van der Waals surface area contributed by atoms with Gasteiger partial charge in [-0.05, 0) is 117 Å². The lowest BCUT2D eigenvalue weighted by molar-refractivity contribution is 0.669. The molecule has 10 aromatic carbocycles. The molecule has 3 heteroatoms. The molecule has 0 spiro atoms. The Bertz CT molecular complexity index is 3540. The molecule has 3 nitrogen and oxygen atoms in total. The van der Waals surface area contributed by atoms with E-state index in [1.807, 2.05) is 0 Å². The summed E-state index contributed by atoms with van der Waals surface area (Å²) in [6.45, 7) is 0. The molecule has 0 atom stereocenters. The first-order chi connectivity index (χ1) is 29.2. The number of benzene rings is 10. The van der Waals surface area contributed by atoms with Crippen molar-refractivity contribution in [1.29, 1.82) is 0 Å². The zero-order valence-corrected chi connectivity index (χ0v) is 32.1. The van der Waals surface area contributed by atoms with Crippen LogP contribution in [0.2, 0.25) is 0 Å². The molecular formula is C56H36N2O. The van der Waals surface area contributed by atoms with Gasteiger partial charge in [-0.3, -0.25) is 0 Å². The van der Waals surface area contributed by atoms with Gasteiger partial charge in [0.1, 0.15) is 5.58 Å². The minimum absolute atomic E-state index is 0.857. The highest BCUT2D eigenvalue weighted by Crippen LogP contribution is 2.45. The van der Waals surface area contributed by atoms with Crippen molar-refractivity contribution in [2.75, 3.05) is 4.90 Å². The van der Waals surface area contributed by atoms with E-state index in [2.05, 4.69) is 228 Å². The van der Waals surface area contributed by atoms with Crippen LogP contribution in [0.25, 0.3) is 93.2 Å². The van der Waals surface area contributed by atoms with Gasteiger partial charge in [-0.1, -0.05) is 146 Å². The Balaban J connectivity index is 1.02. The topological polar surface area (TPSA) is 21.3 Å². The lowest BCUT2D eigenvalue weighted by Crippen LogP contribution is -2.10. The summed E-state index contributed by atoms with van der Waals surface area (Å²) in [5.74, 6) is 0. The highest BCUT2D eigenvalue weighted by atomic mass is 16.3. The van der Waals surface area contributed by atoms with Crippen molar-refractivity contribution >= 4 is 82.4 Å². The van der Waals surface area contributed by atoms with Gasteiger partial charge in [0.05, 0.1) is 16.7 Å². The van der Waals surface area contributed by atoms with Gasteiger partial charge in [0.15, 0.2) is 5.58 Å². The van der Waals surface area contributed by atoms with Gasteiger partial charge in [-0.25, -0.2) is 0 Å². The van der Waals surface area contributed by atoms with Crippen LogP contribution in [0, 0.1) is 0 Å². The van der Waals surface area contributed by atoms with Gasteiger partial charge in [0.25, 0.3) is 0 Å². The number of para-hydroxylation sites is 3. The van der Waals surface area contributed by atoms with Gasteiger partial charge in [0.2, 0.25) is 0 Å². The fourth-order valence-corrected chi connectivity index (χ4v) is 9.14. The summed E-state index contributed by atoms with van der Waals surface area (Å²) >= 11 is 0. The van der Waals surface area contributed by atoms with Crippen molar-refractivity contribution in [3.63, 3.8) is 0 Å². The molecule has 276 valence electrons. The number of fused-ring (bicyclic) bond motifs is 9. The Morgan fingerprint density at radius 3 is 1.76 bits per heavy atom. The minimum Gasteiger partial charge on any atom is -0.454 e. The van der Waals surface area contributed by atoms with E-state index in [-0.39, 0.29) is 0 Å². The number of aromatic nitrogens is 1.